The second-order valence-electron chi connectivity index (χ2n) is 4.62. The number of tetrazole rings is 1. The minimum atomic E-state index is 0.00179. The van der Waals surface area contributed by atoms with Gasteiger partial charge in [-0.05, 0) is 45.6 Å². The summed E-state index contributed by atoms with van der Waals surface area (Å²) in [6.45, 7) is 0. The van der Waals surface area contributed by atoms with Crippen molar-refractivity contribution in [2.45, 2.75) is 6.04 Å². The van der Waals surface area contributed by atoms with E-state index in [1.54, 1.807) is 16.0 Å². The first kappa shape index (κ1) is 12.6. The van der Waals surface area contributed by atoms with Crippen molar-refractivity contribution in [2.75, 3.05) is 5.32 Å². The molecule has 104 valence electrons. The molecule has 3 aromatic rings. The van der Waals surface area contributed by atoms with Crippen molar-refractivity contribution in [3.8, 4) is 0 Å². The van der Waals surface area contributed by atoms with E-state index in [0.717, 1.165) is 16.3 Å². The van der Waals surface area contributed by atoms with Crippen molar-refractivity contribution in [1.29, 1.82) is 0 Å². The van der Waals surface area contributed by atoms with E-state index in [1.165, 1.54) is 4.88 Å². The Kier molecular flexibility index (Phi) is 2.98. The summed E-state index contributed by atoms with van der Waals surface area (Å²) in [7, 11) is 0. The zero-order chi connectivity index (χ0) is 14.2. The molecule has 1 unspecified atom stereocenters. The summed E-state index contributed by atoms with van der Waals surface area (Å²) in [4.78, 5) is 1.19. The Balaban J connectivity index is 1.80. The molecule has 2 aromatic heterocycles. The second-order valence-corrected chi connectivity index (χ2v) is 6.04. The van der Waals surface area contributed by atoms with Gasteiger partial charge in [0.25, 0.3) is 0 Å². The zero-order valence-electron chi connectivity index (χ0n) is 10.8. The van der Waals surface area contributed by atoms with Gasteiger partial charge in [0.05, 0.1) is 0 Å². The lowest BCUT2D eigenvalue weighted by atomic mass is 10.1. The van der Waals surface area contributed by atoms with Crippen LogP contribution in [0.3, 0.4) is 0 Å². The molecule has 0 saturated heterocycles. The standard InChI is InChI=1S/C14H10ClN5S/c15-10-5-3-9(4-6-10)11-8-12(13-2-1-7-21-13)20-14(16-11)17-18-19-20/h1-8,12H,(H,16,17,19). The van der Waals surface area contributed by atoms with Crippen LogP contribution in [-0.2, 0) is 0 Å². The Morgan fingerprint density at radius 3 is 2.81 bits per heavy atom. The lowest BCUT2D eigenvalue weighted by Gasteiger charge is -2.22. The highest BCUT2D eigenvalue weighted by atomic mass is 35.5. The van der Waals surface area contributed by atoms with Crippen molar-refractivity contribution in [3.05, 3.63) is 63.3 Å². The number of fused-ring (bicyclic) bond motifs is 1. The Morgan fingerprint density at radius 2 is 2.05 bits per heavy atom. The summed E-state index contributed by atoms with van der Waals surface area (Å²) >= 11 is 7.64. The van der Waals surface area contributed by atoms with Crippen LogP contribution in [-0.4, -0.2) is 20.2 Å². The number of nitrogens with zero attached hydrogens (tertiary/aromatic N) is 4. The number of allylic oxidation sites excluding steroid dienone is 1. The number of thiophene rings is 1. The number of aromatic nitrogens is 4. The molecule has 0 amide bonds. The number of halogens is 1. The van der Waals surface area contributed by atoms with Crippen LogP contribution >= 0.6 is 22.9 Å². The maximum absolute atomic E-state index is 5.95. The van der Waals surface area contributed by atoms with Crippen molar-refractivity contribution < 1.29 is 0 Å². The molecular weight excluding hydrogens is 306 g/mol. The molecule has 0 aliphatic carbocycles. The Morgan fingerprint density at radius 1 is 1.19 bits per heavy atom. The topological polar surface area (TPSA) is 55.6 Å². The lowest BCUT2D eigenvalue weighted by Crippen LogP contribution is -2.19. The molecule has 0 radical (unpaired) electrons. The second kappa shape index (κ2) is 4.98. The largest absolute Gasteiger partial charge is 0.323 e. The van der Waals surface area contributed by atoms with Gasteiger partial charge in [0, 0.05) is 15.6 Å². The van der Waals surface area contributed by atoms with Gasteiger partial charge in [-0.2, -0.15) is 4.68 Å². The predicted molar refractivity (Wildman–Crippen MR) is 83.3 cm³/mol. The van der Waals surface area contributed by atoms with Gasteiger partial charge in [0.2, 0.25) is 5.95 Å². The molecule has 1 aliphatic heterocycles. The van der Waals surface area contributed by atoms with Gasteiger partial charge in [0.15, 0.2) is 0 Å². The molecular formula is C14H10ClN5S. The van der Waals surface area contributed by atoms with Crippen LogP contribution in [0.4, 0.5) is 5.95 Å². The third kappa shape index (κ3) is 2.22. The van der Waals surface area contributed by atoms with Gasteiger partial charge in [0.1, 0.15) is 6.04 Å². The Hall–Kier alpha value is -2.18. The van der Waals surface area contributed by atoms with Crippen LogP contribution in [0.1, 0.15) is 16.5 Å². The number of rotatable bonds is 2. The summed E-state index contributed by atoms with van der Waals surface area (Å²) in [5.74, 6) is 0.640. The normalized spacial score (nSPS) is 17.0. The average molecular weight is 316 g/mol. The summed E-state index contributed by atoms with van der Waals surface area (Å²) in [5, 5.41) is 17.9. The first-order valence-corrected chi connectivity index (χ1v) is 7.63. The Labute approximate surface area is 129 Å². The molecule has 0 saturated carbocycles. The smallest absolute Gasteiger partial charge is 0.248 e. The van der Waals surface area contributed by atoms with Gasteiger partial charge in [-0.15, -0.1) is 11.3 Å². The van der Waals surface area contributed by atoms with Gasteiger partial charge in [-0.3, -0.25) is 0 Å². The number of benzene rings is 1. The molecule has 5 nitrogen and oxygen atoms in total. The maximum Gasteiger partial charge on any atom is 0.248 e. The van der Waals surface area contributed by atoms with Gasteiger partial charge >= 0.3 is 0 Å². The molecule has 7 heteroatoms. The molecule has 1 N–H and O–H groups in total. The van der Waals surface area contributed by atoms with E-state index >= 15 is 0 Å². The molecule has 21 heavy (non-hydrogen) atoms. The van der Waals surface area contributed by atoms with E-state index < -0.39 is 0 Å². The van der Waals surface area contributed by atoms with E-state index in [1.807, 2.05) is 30.3 Å². The summed E-state index contributed by atoms with van der Waals surface area (Å²) in [6.07, 6.45) is 2.12. The molecule has 0 spiro atoms. The molecule has 1 atom stereocenters. The van der Waals surface area contributed by atoms with Gasteiger partial charge in [-0.1, -0.05) is 34.9 Å². The number of anilines is 1. The van der Waals surface area contributed by atoms with Crippen molar-refractivity contribution >= 4 is 34.6 Å². The van der Waals surface area contributed by atoms with Gasteiger partial charge in [-0.25, -0.2) is 0 Å². The number of nitrogens with one attached hydrogen (secondary N) is 1. The van der Waals surface area contributed by atoms with Crippen LogP contribution < -0.4 is 5.32 Å². The minimum Gasteiger partial charge on any atom is -0.323 e. The van der Waals surface area contributed by atoms with Crippen LogP contribution in [0.15, 0.2) is 47.9 Å². The van der Waals surface area contributed by atoms with E-state index in [-0.39, 0.29) is 6.04 Å². The van der Waals surface area contributed by atoms with Crippen molar-refractivity contribution in [1.82, 2.24) is 20.2 Å². The number of hydrogen-bond donors (Lipinski definition) is 1. The SMILES string of the molecule is Clc1ccc(C2=CC(c3cccs3)n3nnnc3N2)cc1. The highest BCUT2D eigenvalue weighted by molar-refractivity contribution is 7.10. The number of hydrogen-bond acceptors (Lipinski definition) is 5. The zero-order valence-corrected chi connectivity index (χ0v) is 12.3. The summed E-state index contributed by atoms with van der Waals surface area (Å²) in [5.41, 5.74) is 2.03. The third-order valence-electron chi connectivity index (χ3n) is 3.32. The van der Waals surface area contributed by atoms with Crippen molar-refractivity contribution in [2.24, 2.45) is 0 Å². The highest BCUT2D eigenvalue weighted by Crippen LogP contribution is 2.33. The van der Waals surface area contributed by atoms with E-state index in [4.69, 9.17) is 11.6 Å². The molecule has 0 bridgehead atoms. The van der Waals surface area contributed by atoms with Crippen LogP contribution in [0.2, 0.25) is 5.02 Å². The van der Waals surface area contributed by atoms with Crippen LogP contribution in [0.25, 0.3) is 5.70 Å². The predicted octanol–water partition coefficient (Wildman–Crippen LogP) is 3.44. The van der Waals surface area contributed by atoms with Crippen LogP contribution in [0, 0.1) is 0 Å². The Bertz CT molecular complexity index is 791. The highest BCUT2D eigenvalue weighted by Gasteiger charge is 2.24. The minimum absolute atomic E-state index is 0.00179. The molecule has 0 fully saturated rings. The van der Waals surface area contributed by atoms with Crippen LogP contribution in [0.5, 0.6) is 0 Å². The molecule has 1 aromatic carbocycles. The molecule has 1 aliphatic rings. The maximum atomic E-state index is 5.95. The first-order valence-electron chi connectivity index (χ1n) is 6.37. The van der Waals surface area contributed by atoms with E-state index in [0.29, 0.717) is 5.95 Å². The fourth-order valence-corrected chi connectivity index (χ4v) is 3.22. The fraction of sp³-hybridized carbons (Fsp3) is 0.0714. The quantitative estimate of drug-likeness (QED) is 0.787. The monoisotopic (exact) mass is 315 g/mol. The third-order valence-corrected chi connectivity index (χ3v) is 4.51. The van der Waals surface area contributed by atoms with E-state index in [2.05, 4.69) is 38.4 Å². The molecule has 3 heterocycles. The lowest BCUT2D eigenvalue weighted by molar-refractivity contribution is 0.593. The summed E-state index contributed by atoms with van der Waals surface area (Å²) in [6, 6.07) is 11.8. The average Bonchev–Trinajstić information content (AvgIpc) is 3.18. The van der Waals surface area contributed by atoms with E-state index in [9.17, 15) is 0 Å². The van der Waals surface area contributed by atoms with Gasteiger partial charge < -0.3 is 5.32 Å². The molecule has 4 rings (SSSR count). The first-order chi connectivity index (χ1) is 10.3. The fourth-order valence-electron chi connectivity index (χ4n) is 2.31. The summed E-state index contributed by atoms with van der Waals surface area (Å²) < 4.78 is 1.78. The van der Waals surface area contributed by atoms with Crippen molar-refractivity contribution in [3.63, 3.8) is 0 Å².